The van der Waals surface area contributed by atoms with Crippen LogP contribution < -0.4 is 10.6 Å². The first-order valence-corrected chi connectivity index (χ1v) is 8.88. The molecule has 0 saturated carbocycles. The molecule has 0 radical (unpaired) electrons. The van der Waals surface area contributed by atoms with E-state index < -0.39 is 13.2 Å². The minimum absolute atomic E-state index is 0.536. The first kappa shape index (κ1) is 15.2. The lowest BCUT2D eigenvalue weighted by Gasteiger charge is -2.17. The number of halogens is 1. The lowest BCUT2D eigenvalue weighted by Crippen LogP contribution is -2.15. The van der Waals surface area contributed by atoms with Crippen molar-refractivity contribution in [2.45, 2.75) is 13.0 Å². The lowest BCUT2D eigenvalue weighted by molar-refractivity contribution is 0.241. The van der Waals surface area contributed by atoms with Crippen LogP contribution in [0.2, 0.25) is 0 Å². The van der Waals surface area contributed by atoms with E-state index in [9.17, 15) is 9.67 Å². The Hall–Kier alpha value is -1.15. The van der Waals surface area contributed by atoms with Crippen LogP contribution in [0.5, 0.6) is 0 Å². The summed E-state index contributed by atoms with van der Waals surface area (Å²) in [6.45, 7) is 1.64. The third-order valence-electron chi connectivity index (χ3n) is 2.98. The molecule has 2 rings (SSSR count). The summed E-state index contributed by atoms with van der Waals surface area (Å²) in [6, 6.07) is 18.7. The maximum absolute atomic E-state index is 13.5. The van der Waals surface area contributed by atoms with Gasteiger partial charge in [-0.05, 0) is 12.7 Å². The van der Waals surface area contributed by atoms with Gasteiger partial charge in [-0.1, -0.05) is 76.6 Å². The number of aliphatic hydroxyl groups excluding tert-OH is 1. The highest BCUT2D eigenvalue weighted by atomic mass is 79.9. The smallest absolute Gasteiger partial charge is 0.165 e. The summed E-state index contributed by atoms with van der Waals surface area (Å²) in [4.78, 5) is 0. The van der Waals surface area contributed by atoms with Gasteiger partial charge < -0.3 is 9.67 Å². The molecule has 0 amide bonds. The predicted octanol–water partition coefficient (Wildman–Crippen LogP) is 3.62. The second-order valence-electron chi connectivity index (χ2n) is 4.52. The van der Waals surface area contributed by atoms with Crippen LogP contribution in [0.1, 0.15) is 6.92 Å². The van der Waals surface area contributed by atoms with Crippen molar-refractivity contribution < 1.29 is 9.67 Å². The van der Waals surface area contributed by atoms with Crippen LogP contribution in [-0.2, 0) is 4.57 Å². The van der Waals surface area contributed by atoms with Crippen LogP contribution in [-0.4, -0.2) is 11.2 Å². The molecule has 2 aromatic carbocycles. The summed E-state index contributed by atoms with van der Waals surface area (Å²) in [7, 11) is -2.90. The molecule has 4 heteroatoms. The van der Waals surface area contributed by atoms with Crippen LogP contribution in [0.4, 0.5) is 0 Å². The van der Waals surface area contributed by atoms with Gasteiger partial charge in [0.25, 0.3) is 0 Å². The molecule has 0 fully saturated rings. The van der Waals surface area contributed by atoms with Gasteiger partial charge in [-0.25, -0.2) is 0 Å². The van der Waals surface area contributed by atoms with E-state index in [0.717, 1.165) is 10.6 Å². The van der Waals surface area contributed by atoms with Crippen molar-refractivity contribution in [3.63, 3.8) is 0 Å². The quantitative estimate of drug-likeness (QED) is 0.855. The molecule has 0 unspecified atom stereocenters. The Balaban J connectivity index is 2.62. The number of rotatable bonds is 4. The Labute approximate surface area is 127 Å². The Kier molecular flexibility index (Phi) is 4.98. The summed E-state index contributed by atoms with van der Waals surface area (Å²) in [5.74, 6) is 1.64. The third kappa shape index (κ3) is 3.29. The molecule has 0 aliphatic carbocycles. The topological polar surface area (TPSA) is 37.3 Å². The molecule has 20 heavy (non-hydrogen) atoms. The summed E-state index contributed by atoms with van der Waals surface area (Å²) >= 11 is 3.31. The molecule has 0 saturated heterocycles. The minimum atomic E-state index is -2.90. The number of benzene rings is 2. The Morgan fingerprint density at radius 2 is 1.45 bits per heavy atom. The van der Waals surface area contributed by atoms with E-state index in [4.69, 9.17) is 0 Å². The zero-order valence-electron chi connectivity index (χ0n) is 11.1. The van der Waals surface area contributed by atoms with Gasteiger partial charge in [-0.2, -0.15) is 0 Å². The first-order chi connectivity index (χ1) is 9.54. The zero-order chi connectivity index (χ0) is 14.6. The van der Waals surface area contributed by atoms with Crippen molar-refractivity contribution >= 4 is 33.7 Å². The van der Waals surface area contributed by atoms with E-state index in [1.165, 1.54) is 0 Å². The van der Waals surface area contributed by atoms with Crippen molar-refractivity contribution in [2.75, 3.05) is 0 Å². The molecule has 0 aromatic heterocycles. The second kappa shape index (κ2) is 6.53. The molecular formula is C16H16BrO2P. The SMILES string of the molecule is C[C@H](O)/C(Br)=C\P(=O)(c1ccccc1)c1ccccc1. The van der Waals surface area contributed by atoms with Crippen molar-refractivity contribution in [3.05, 3.63) is 71.0 Å². The highest BCUT2D eigenvalue weighted by Crippen LogP contribution is 2.47. The number of aliphatic hydroxyl groups is 1. The number of hydrogen-bond donors (Lipinski definition) is 1. The fourth-order valence-electron chi connectivity index (χ4n) is 1.88. The van der Waals surface area contributed by atoms with Gasteiger partial charge in [0.2, 0.25) is 0 Å². The summed E-state index contributed by atoms with van der Waals surface area (Å²) < 4.78 is 14.0. The zero-order valence-corrected chi connectivity index (χ0v) is 13.6. The van der Waals surface area contributed by atoms with Crippen LogP contribution in [0.25, 0.3) is 0 Å². The Bertz CT molecular complexity index is 593. The molecule has 1 N–H and O–H groups in total. The van der Waals surface area contributed by atoms with Crippen LogP contribution in [0.15, 0.2) is 71.0 Å². The molecule has 2 aromatic rings. The molecule has 0 spiro atoms. The average Bonchev–Trinajstić information content (AvgIpc) is 2.48. The Morgan fingerprint density at radius 1 is 1.05 bits per heavy atom. The first-order valence-electron chi connectivity index (χ1n) is 6.31. The van der Waals surface area contributed by atoms with E-state index in [0.29, 0.717) is 4.48 Å². The summed E-state index contributed by atoms with van der Waals surface area (Å²) in [5.41, 5.74) is 0. The monoisotopic (exact) mass is 350 g/mol. The summed E-state index contributed by atoms with van der Waals surface area (Å²) in [5, 5.41) is 11.1. The molecule has 0 heterocycles. The average molecular weight is 351 g/mol. The second-order valence-corrected chi connectivity index (χ2v) is 8.04. The summed E-state index contributed by atoms with van der Waals surface area (Å²) in [6.07, 6.45) is -0.684. The van der Waals surface area contributed by atoms with E-state index in [1.807, 2.05) is 60.7 Å². The molecule has 1 atom stereocenters. The van der Waals surface area contributed by atoms with Crippen LogP contribution >= 0.6 is 23.1 Å². The van der Waals surface area contributed by atoms with E-state index >= 15 is 0 Å². The van der Waals surface area contributed by atoms with Gasteiger partial charge in [0, 0.05) is 15.1 Å². The van der Waals surface area contributed by atoms with E-state index in [1.54, 1.807) is 12.7 Å². The maximum atomic E-state index is 13.5. The largest absolute Gasteiger partial charge is 0.388 e. The molecule has 0 bridgehead atoms. The van der Waals surface area contributed by atoms with Gasteiger partial charge >= 0.3 is 0 Å². The molecule has 2 nitrogen and oxygen atoms in total. The normalized spacial score (nSPS) is 14.1. The fraction of sp³-hybridized carbons (Fsp3) is 0.125. The van der Waals surface area contributed by atoms with Gasteiger partial charge in [0.1, 0.15) is 0 Å². The Morgan fingerprint density at radius 3 is 1.80 bits per heavy atom. The maximum Gasteiger partial charge on any atom is 0.165 e. The van der Waals surface area contributed by atoms with Crippen LogP contribution in [0.3, 0.4) is 0 Å². The standard InChI is InChI=1S/C16H16BrO2P/c1-13(18)16(17)12-20(19,14-8-4-2-5-9-14)15-10-6-3-7-11-15/h2-13,18H,1H3/b16-12+/t13-/m0/s1. The predicted molar refractivity (Wildman–Crippen MR) is 88.4 cm³/mol. The highest BCUT2D eigenvalue weighted by molar-refractivity contribution is 9.11. The van der Waals surface area contributed by atoms with Gasteiger partial charge in [-0.3, -0.25) is 0 Å². The highest BCUT2D eigenvalue weighted by Gasteiger charge is 2.25. The van der Waals surface area contributed by atoms with Crippen molar-refractivity contribution in [3.8, 4) is 0 Å². The van der Waals surface area contributed by atoms with Crippen molar-refractivity contribution in [2.24, 2.45) is 0 Å². The van der Waals surface area contributed by atoms with E-state index in [-0.39, 0.29) is 0 Å². The molecule has 0 aliphatic rings. The molecule has 0 aliphatic heterocycles. The van der Waals surface area contributed by atoms with Crippen molar-refractivity contribution in [1.82, 2.24) is 0 Å². The van der Waals surface area contributed by atoms with Crippen molar-refractivity contribution in [1.29, 1.82) is 0 Å². The third-order valence-corrected chi connectivity index (χ3v) is 7.00. The van der Waals surface area contributed by atoms with Gasteiger partial charge in [0.15, 0.2) is 7.14 Å². The van der Waals surface area contributed by atoms with E-state index in [2.05, 4.69) is 15.9 Å². The molecular weight excluding hydrogens is 335 g/mol. The lowest BCUT2D eigenvalue weighted by atomic mass is 10.4. The van der Waals surface area contributed by atoms with Gasteiger partial charge in [0.05, 0.1) is 6.10 Å². The van der Waals surface area contributed by atoms with Gasteiger partial charge in [-0.15, -0.1) is 0 Å². The fourth-order valence-corrected chi connectivity index (χ4v) is 5.13. The minimum Gasteiger partial charge on any atom is -0.388 e. The molecule has 104 valence electrons. The number of hydrogen-bond acceptors (Lipinski definition) is 2. The van der Waals surface area contributed by atoms with Crippen LogP contribution in [0, 0.1) is 0 Å².